The van der Waals surface area contributed by atoms with Crippen LogP contribution >= 0.6 is 24.0 Å². The van der Waals surface area contributed by atoms with Crippen molar-refractivity contribution in [2.45, 2.75) is 44.8 Å². The van der Waals surface area contributed by atoms with Gasteiger partial charge in [0.25, 0.3) is 0 Å². The fraction of sp³-hybridized carbons (Fsp3) is 0.571. The van der Waals surface area contributed by atoms with E-state index in [0.717, 1.165) is 16.4 Å². The van der Waals surface area contributed by atoms with Gasteiger partial charge in [0.05, 0.1) is 0 Å². The minimum Gasteiger partial charge on any atom is -0.330 e. The second kappa shape index (κ2) is 7.10. The quantitative estimate of drug-likeness (QED) is 0.738. The van der Waals surface area contributed by atoms with Crippen LogP contribution in [0, 0.1) is 0 Å². The highest BCUT2D eigenvalue weighted by Gasteiger charge is 2.25. The Kier molecular flexibility index (Phi) is 6.09. The van der Waals surface area contributed by atoms with Gasteiger partial charge in [0.2, 0.25) is 0 Å². The average Bonchev–Trinajstić information content (AvgIpc) is 2.39. The van der Waals surface area contributed by atoms with Crippen LogP contribution in [0.15, 0.2) is 24.5 Å². The lowest BCUT2D eigenvalue weighted by Crippen LogP contribution is -2.28. The standard InChI is InChI=1S/C14H22N2S2/c1-5-9-14(3,6-2)18-13(17)16(4)12-7-10-15-11-8-12/h7-8,10-11H,5-6,9H2,1-4H3. The minimum atomic E-state index is 0.243. The molecule has 0 aliphatic rings. The summed E-state index contributed by atoms with van der Waals surface area (Å²) in [5, 5.41) is 0. The Bertz CT molecular complexity index is 381. The first kappa shape index (κ1) is 15.4. The van der Waals surface area contributed by atoms with E-state index in [4.69, 9.17) is 12.2 Å². The van der Waals surface area contributed by atoms with E-state index in [2.05, 4.69) is 30.7 Å². The molecule has 1 unspecified atom stereocenters. The van der Waals surface area contributed by atoms with Crippen molar-refractivity contribution in [1.82, 2.24) is 4.98 Å². The van der Waals surface area contributed by atoms with Crippen LogP contribution in [0.25, 0.3) is 0 Å². The van der Waals surface area contributed by atoms with Gasteiger partial charge < -0.3 is 4.90 Å². The summed E-state index contributed by atoms with van der Waals surface area (Å²) in [6.07, 6.45) is 7.11. The van der Waals surface area contributed by atoms with Gasteiger partial charge in [0.1, 0.15) is 4.32 Å². The zero-order valence-corrected chi connectivity index (χ0v) is 13.3. The summed E-state index contributed by atoms with van der Waals surface area (Å²) in [4.78, 5) is 6.09. The fourth-order valence-corrected chi connectivity index (χ4v) is 3.60. The highest BCUT2D eigenvalue weighted by atomic mass is 32.2. The van der Waals surface area contributed by atoms with Crippen molar-refractivity contribution < 1.29 is 0 Å². The summed E-state index contributed by atoms with van der Waals surface area (Å²) in [6.45, 7) is 6.76. The lowest BCUT2D eigenvalue weighted by atomic mass is 10.0. The maximum Gasteiger partial charge on any atom is 0.141 e. The zero-order chi connectivity index (χ0) is 13.6. The Morgan fingerprint density at radius 1 is 1.39 bits per heavy atom. The molecule has 0 fully saturated rings. The third-order valence-electron chi connectivity index (χ3n) is 3.18. The molecule has 1 aromatic heterocycles. The molecule has 4 heteroatoms. The molecule has 0 aromatic carbocycles. The summed E-state index contributed by atoms with van der Waals surface area (Å²) >= 11 is 7.37. The molecule has 0 amide bonds. The molecule has 0 saturated carbocycles. The van der Waals surface area contributed by atoms with Gasteiger partial charge in [-0.25, -0.2) is 0 Å². The maximum atomic E-state index is 5.56. The fourth-order valence-electron chi connectivity index (χ4n) is 1.78. The van der Waals surface area contributed by atoms with Crippen molar-refractivity contribution in [1.29, 1.82) is 0 Å². The van der Waals surface area contributed by atoms with E-state index in [1.807, 2.05) is 30.9 Å². The zero-order valence-electron chi connectivity index (χ0n) is 11.6. The number of aromatic nitrogens is 1. The number of pyridine rings is 1. The molecule has 0 saturated heterocycles. The molecule has 1 heterocycles. The third kappa shape index (κ3) is 4.25. The summed E-state index contributed by atoms with van der Waals surface area (Å²) in [5.74, 6) is 0. The molecule has 1 rings (SSSR count). The first-order valence-electron chi connectivity index (χ1n) is 6.39. The molecule has 0 N–H and O–H groups in total. The average molecular weight is 282 g/mol. The van der Waals surface area contributed by atoms with E-state index >= 15 is 0 Å². The Hall–Kier alpha value is -0.610. The van der Waals surface area contributed by atoms with Gasteiger partial charge in [0.15, 0.2) is 0 Å². The number of anilines is 1. The van der Waals surface area contributed by atoms with Crippen molar-refractivity contribution in [3.63, 3.8) is 0 Å². The molecule has 0 aliphatic heterocycles. The van der Waals surface area contributed by atoms with Crippen LogP contribution in [0.4, 0.5) is 5.69 Å². The molecule has 100 valence electrons. The number of rotatable bonds is 5. The van der Waals surface area contributed by atoms with Gasteiger partial charge in [0, 0.05) is 29.9 Å². The highest BCUT2D eigenvalue weighted by Crippen LogP contribution is 2.35. The molecule has 0 aliphatic carbocycles. The summed E-state index contributed by atoms with van der Waals surface area (Å²) in [7, 11) is 2.02. The normalized spacial score (nSPS) is 14.0. The molecule has 2 nitrogen and oxygen atoms in total. The number of thioether (sulfide) groups is 1. The number of nitrogens with zero attached hydrogens (tertiary/aromatic N) is 2. The topological polar surface area (TPSA) is 16.1 Å². The Labute approximate surface area is 120 Å². The van der Waals surface area contributed by atoms with Crippen LogP contribution < -0.4 is 4.90 Å². The van der Waals surface area contributed by atoms with E-state index < -0.39 is 0 Å². The van der Waals surface area contributed by atoms with E-state index in [9.17, 15) is 0 Å². The first-order valence-corrected chi connectivity index (χ1v) is 7.61. The van der Waals surface area contributed by atoms with E-state index in [1.165, 1.54) is 12.8 Å². The maximum absolute atomic E-state index is 5.56. The SMILES string of the molecule is CCCC(C)(CC)SC(=S)N(C)c1ccncc1. The predicted molar refractivity (Wildman–Crippen MR) is 86.4 cm³/mol. The minimum absolute atomic E-state index is 0.243. The molecule has 1 aromatic rings. The van der Waals surface area contributed by atoms with Crippen LogP contribution in [0.1, 0.15) is 40.0 Å². The Morgan fingerprint density at radius 2 is 2.00 bits per heavy atom. The molecule has 18 heavy (non-hydrogen) atoms. The number of hydrogen-bond acceptors (Lipinski definition) is 3. The van der Waals surface area contributed by atoms with Crippen molar-refractivity contribution in [2.75, 3.05) is 11.9 Å². The van der Waals surface area contributed by atoms with Gasteiger partial charge in [-0.3, -0.25) is 4.98 Å². The molecular weight excluding hydrogens is 260 g/mol. The number of thiocarbonyl (C=S) groups is 1. The predicted octanol–water partition coefficient (Wildman–Crippen LogP) is 4.50. The van der Waals surface area contributed by atoms with Crippen molar-refractivity contribution in [2.24, 2.45) is 0 Å². The first-order chi connectivity index (χ1) is 8.52. The summed E-state index contributed by atoms with van der Waals surface area (Å²) in [5.41, 5.74) is 1.09. The van der Waals surface area contributed by atoms with Crippen LogP contribution in [0.5, 0.6) is 0 Å². The smallest absolute Gasteiger partial charge is 0.141 e. The van der Waals surface area contributed by atoms with Gasteiger partial charge in [-0.2, -0.15) is 0 Å². The van der Waals surface area contributed by atoms with Crippen molar-refractivity contribution in [3.8, 4) is 0 Å². The van der Waals surface area contributed by atoms with Crippen LogP contribution in [0.3, 0.4) is 0 Å². The monoisotopic (exact) mass is 282 g/mol. The Balaban J connectivity index is 2.70. The molecule has 0 spiro atoms. The summed E-state index contributed by atoms with van der Waals surface area (Å²) in [6, 6.07) is 3.96. The molecule has 1 atom stereocenters. The van der Waals surface area contributed by atoms with Crippen molar-refractivity contribution in [3.05, 3.63) is 24.5 Å². The summed E-state index contributed by atoms with van der Waals surface area (Å²) < 4.78 is 1.17. The van der Waals surface area contributed by atoms with Gasteiger partial charge in [-0.15, -0.1) is 0 Å². The Morgan fingerprint density at radius 3 is 2.50 bits per heavy atom. The third-order valence-corrected chi connectivity index (χ3v) is 5.14. The molecule has 0 bridgehead atoms. The second-order valence-corrected chi connectivity index (χ2v) is 6.91. The van der Waals surface area contributed by atoms with Gasteiger partial charge in [-0.1, -0.05) is 51.2 Å². The van der Waals surface area contributed by atoms with Gasteiger partial charge >= 0.3 is 0 Å². The van der Waals surface area contributed by atoms with E-state index in [0.29, 0.717) is 0 Å². The highest BCUT2D eigenvalue weighted by molar-refractivity contribution is 8.24. The van der Waals surface area contributed by atoms with E-state index in [-0.39, 0.29) is 4.75 Å². The van der Waals surface area contributed by atoms with Crippen LogP contribution in [-0.4, -0.2) is 21.1 Å². The van der Waals surface area contributed by atoms with E-state index in [1.54, 1.807) is 12.4 Å². The second-order valence-electron chi connectivity index (χ2n) is 4.69. The van der Waals surface area contributed by atoms with Crippen LogP contribution in [0.2, 0.25) is 0 Å². The lowest BCUT2D eigenvalue weighted by Gasteiger charge is -2.30. The lowest BCUT2D eigenvalue weighted by molar-refractivity contribution is 0.562. The van der Waals surface area contributed by atoms with Crippen LogP contribution in [-0.2, 0) is 0 Å². The van der Waals surface area contributed by atoms with Gasteiger partial charge in [-0.05, 0) is 25.0 Å². The molecular formula is C14H22N2S2. The molecule has 0 radical (unpaired) electrons. The largest absolute Gasteiger partial charge is 0.330 e. The number of hydrogen-bond donors (Lipinski definition) is 0. The van der Waals surface area contributed by atoms with Crippen molar-refractivity contribution >= 4 is 34.0 Å².